The first kappa shape index (κ1) is 13.1. The van der Waals surface area contributed by atoms with E-state index in [1.54, 1.807) is 7.11 Å². The van der Waals surface area contributed by atoms with E-state index < -0.39 is 0 Å². The molecule has 0 aliphatic rings. The molecule has 1 aromatic carbocycles. The van der Waals surface area contributed by atoms with E-state index in [0.29, 0.717) is 6.54 Å². The predicted octanol–water partition coefficient (Wildman–Crippen LogP) is 2.20. The standard InChI is InChI=1S/C13H16BrN3O/c1-18-12-3-2-10(8-11(12)14)9-17-7-6-16-13(17)4-5-15/h2-3,6-8H,4-5,9,15H2,1H3. The van der Waals surface area contributed by atoms with Crippen LogP contribution in [0.1, 0.15) is 11.4 Å². The minimum atomic E-state index is 0.614. The molecule has 0 fully saturated rings. The zero-order chi connectivity index (χ0) is 13.0. The summed E-state index contributed by atoms with van der Waals surface area (Å²) in [5.41, 5.74) is 6.76. The minimum Gasteiger partial charge on any atom is -0.496 e. The molecule has 0 atom stereocenters. The van der Waals surface area contributed by atoms with Crippen molar-refractivity contribution in [3.8, 4) is 5.75 Å². The molecule has 2 aromatic rings. The van der Waals surface area contributed by atoms with Gasteiger partial charge in [0, 0.05) is 25.4 Å². The molecule has 0 unspecified atom stereocenters. The molecular formula is C13H16BrN3O. The van der Waals surface area contributed by atoms with Gasteiger partial charge in [-0.1, -0.05) is 6.07 Å². The van der Waals surface area contributed by atoms with Crippen molar-refractivity contribution in [1.82, 2.24) is 9.55 Å². The minimum absolute atomic E-state index is 0.614. The topological polar surface area (TPSA) is 53.1 Å². The molecule has 0 spiro atoms. The lowest BCUT2D eigenvalue weighted by Gasteiger charge is -2.09. The average Bonchev–Trinajstić information content (AvgIpc) is 2.78. The molecule has 0 aliphatic carbocycles. The zero-order valence-corrected chi connectivity index (χ0v) is 11.9. The Morgan fingerprint density at radius 1 is 1.44 bits per heavy atom. The van der Waals surface area contributed by atoms with Crippen molar-refractivity contribution >= 4 is 15.9 Å². The number of aromatic nitrogens is 2. The highest BCUT2D eigenvalue weighted by Crippen LogP contribution is 2.25. The molecule has 4 nitrogen and oxygen atoms in total. The molecule has 0 amide bonds. The highest BCUT2D eigenvalue weighted by Gasteiger charge is 2.05. The van der Waals surface area contributed by atoms with Gasteiger partial charge >= 0.3 is 0 Å². The van der Waals surface area contributed by atoms with Gasteiger partial charge in [-0.3, -0.25) is 0 Å². The van der Waals surface area contributed by atoms with E-state index in [1.165, 1.54) is 5.56 Å². The first-order valence-corrected chi connectivity index (χ1v) is 6.56. The predicted molar refractivity (Wildman–Crippen MR) is 74.8 cm³/mol. The number of methoxy groups -OCH3 is 1. The van der Waals surface area contributed by atoms with Crippen LogP contribution in [-0.4, -0.2) is 23.2 Å². The number of imidazole rings is 1. The van der Waals surface area contributed by atoms with Crippen molar-refractivity contribution < 1.29 is 4.74 Å². The maximum Gasteiger partial charge on any atom is 0.133 e. The molecular weight excluding hydrogens is 294 g/mol. The summed E-state index contributed by atoms with van der Waals surface area (Å²) >= 11 is 3.49. The third kappa shape index (κ3) is 2.91. The number of nitrogens with two attached hydrogens (primary N) is 1. The summed E-state index contributed by atoms with van der Waals surface area (Å²) in [6.45, 7) is 1.40. The van der Waals surface area contributed by atoms with Gasteiger partial charge in [0.15, 0.2) is 0 Å². The van der Waals surface area contributed by atoms with Gasteiger partial charge < -0.3 is 15.0 Å². The molecule has 18 heavy (non-hydrogen) atoms. The fourth-order valence-corrected chi connectivity index (χ4v) is 2.43. The molecule has 0 saturated carbocycles. The third-order valence-electron chi connectivity index (χ3n) is 2.74. The fraction of sp³-hybridized carbons (Fsp3) is 0.308. The van der Waals surface area contributed by atoms with E-state index in [4.69, 9.17) is 10.5 Å². The van der Waals surface area contributed by atoms with E-state index in [0.717, 1.165) is 29.0 Å². The third-order valence-corrected chi connectivity index (χ3v) is 3.36. The Labute approximate surface area is 115 Å². The summed E-state index contributed by atoms with van der Waals surface area (Å²) in [5.74, 6) is 1.86. The van der Waals surface area contributed by atoms with Crippen LogP contribution in [0.3, 0.4) is 0 Å². The van der Waals surface area contributed by atoms with Gasteiger partial charge in [0.25, 0.3) is 0 Å². The second kappa shape index (κ2) is 6.02. The van der Waals surface area contributed by atoms with Crippen LogP contribution in [0.5, 0.6) is 5.75 Å². The van der Waals surface area contributed by atoms with Crippen LogP contribution in [0.25, 0.3) is 0 Å². The maximum atomic E-state index is 5.57. The monoisotopic (exact) mass is 309 g/mol. The van der Waals surface area contributed by atoms with Gasteiger partial charge in [-0.2, -0.15) is 0 Å². The fourth-order valence-electron chi connectivity index (χ4n) is 1.85. The summed E-state index contributed by atoms with van der Waals surface area (Å²) in [6, 6.07) is 6.07. The molecule has 1 heterocycles. The van der Waals surface area contributed by atoms with Crippen LogP contribution in [0.15, 0.2) is 35.1 Å². The Morgan fingerprint density at radius 2 is 2.28 bits per heavy atom. The first-order chi connectivity index (χ1) is 8.74. The molecule has 0 radical (unpaired) electrons. The lowest BCUT2D eigenvalue weighted by molar-refractivity contribution is 0.412. The average molecular weight is 310 g/mol. The van der Waals surface area contributed by atoms with E-state index in [1.807, 2.05) is 18.5 Å². The van der Waals surface area contributed by atoms with Crippen molar-refractivity contribution in [2.45, 2.75) is 13.0 Å². The van der Waals surface area contributed by atoms with Crippen molar-refractivity contribution in [1.29, 1.82) is 0 Å². The van der Waals surface area contributed by atoms with Gasteiger partial charge in [-0.25, -0.2) is 4.98 Å². The van der Waals surface area contributed by atoms with Gasteiger partial charge in [0.2, 0.25) is 0 Å². The number of benzene rings is 1. The maximum absolute atomic E-state index is 5.57. The van der Waals surface area contributed by atoms with Crippen LogP contribution in [0, 0.1) is 0 Å². The number of halogens is 1. The van der Waals surface area contributed by atoms with Crippen LogP contribution >= 0.6 is 15.9 Å². The van der Waals surface area contributed by atoms with Crippen molar-refractivity contribution in [2.24, 2.45) is 5.73 Å². The van der Waals surface area contributed by atoms with Gasteiger partial charge in [0.1, 0.15) is 11.6 Å². The Morgan fingerprint density at radius 3 is 2.94 bits per heavy atom. The smallest absolute Gasteiger partial charge is 0.133 e. The number of nitrogens with zero attached hydrogens (tertiary/aromatic N) is 2. The lowest BCUT2D eigenvalue weighted by atomic mass is 10.2. The van der Waals surface area contributed by atoms with Crippen LogP contribution in [0.2, 0.25) is 0 Å². The summed E-state index contributed by atoms with van der Waals surface area (Å²) in [7, 11) is 1.66. The first-order valence-electron chi connectivity index (χ1n) is 5.77. The highest BCUT2D eigenvalue weighted by molar-refractivity contribution is 9.10. The second-order valence-corrected chi connectivity index (χ2v) is 4.83. The lowest BCUT2D eigenvalue weighted by Crippen LogP contribution is -2.10. The molecule has 0 aliphatic heterocycles. The quantitative estimate of drug-likeness (QED) is 0.921. The Bertz CT molecular complexity index is 525. The van der Waals surface area contributed by atoms with Crippen LogP contribution in [-0.2, 0) is 13.0 Å². The Kier molecular flexibility index (Phi) is 4.38. The summed E-state index contributed by atoms with van der Waals surface area (Å²) in [6.07, 6.45) is 4.58. The van der Waals surface area contributed by atoms with Crippen molar-refractivity contribution in [2.75, 3.05) is 13.7 Å². The molecule has 2 rings (SSSR count). The van der Waals surface area contributed by atoms with Crippen LogP contribution < -0.4 is 10.5 Å². The van der Waals surface area contributed by atoms with E-state index in [2.05, 4.69) is 37.6 Å². The molecule has 2 N–H and O–H groups in total. The van der Waals surface area contributed by atoms with Crippen LogP contribution in [0.4, 0.5) is 0 Å². The van der Waals surface area contributed by atoms with E-state index in [-0.39, 0.29) is 0 Å². The van der Waals surface area contributed by atoms with E-state index >= 15 is 0 Å². The molecule has 0 bridgehead atoms. The van der Waals surface area contributed by atoms with Crippen molar-refractivity contribution in [3.05, 3.63) is 46.5 Å². The van der Waals surface area contributed by atoms with Gasteiger partial charge in [-0.05, 0) is 40.2 Å². The Balaban J connectivity index is 2.18. The normalized spacial score (nSPS) is 10.6. The molecule has 0 saturated heterocycles. The SMILES string of the molecule is COc1ccc(Cn2ccnc2CCN)cc1Br. The van der Waals surface area contributed by atoms with Gasteiger partial charge in [0.05, 0.1) is 11.6 Å². The van der Waals surface area contributed by atoms with Crippen molar-refractivity contribution in [3.63, 3.8) is 0 Å². The number of rotatable bonds is 5. The summed E-state index contributed by atoms with van der Waals surface area (Å²) in [5, 5.41) is 0. The number of hydrogen-bond donors (Lipinski definition) is 1. The Hall–Kier alpha value is -1.33. The molecule has 5 heteroatoms. The number of hydrogen-bond acceptors (Lipinski definition) is 3. The molecule has 1 aromatic heterocycles. The zero-order valence-electron chi connectivity index (χ0n) is 10.3. The highest BCUT2D eigenvalue weighted by atomic mass is 79.9. The largest absolute Gasteiger partial charge is 0.496 e. The van der Waals surface area contributed by atoms with Gasteiger partial charge in [-0.15, -0.1) is 0 Å². The summed E-state index contributed by atoms with van der Waals surface area (Å²) in [4.78, 5) is 4.30. The van der Waals surface area contributed by atoms with E-state index in [9.17, 15) is 0 Å². The number of ether oxygens (including phenoxy) is 1. The summed E-state index contributed by atoms with van der Waals surface area (Å²) < 4.78 is 8.29. The second-order valence-electron chi connectivity index (χ2n) is 3.98. The molecule has 96 valence electrons.